The minimum absolute atomic E-state index is 0.106. The number of oxazole rings is 1. The summed E-state index contributed by atoms with van der Waals surface area (Å²) < 4.78 is 10.4. The Bertz CT molecular complexity index is 635. The van der Waals surface area contributed by atoms with Gasteiger partial charge in [0.25, 0.3) is 0 Å². The third kappa shape index (κ3) is 2.58. The van der Waals surface area contributed by atoms with E-state index in [-0.39, 0.29) is 12.4 Å². The number of benzene rings is 1. The molecule has 2 rings (SSSR count). The van der Waals surface area contributed by atoms with Crippen molar-refractivity contribution in [3.8, 4) is 11.5 Å². The first kappa shape index (κ1) is 14.3. The number of carboxylic acid groups (broad SMARTS) is 1. The molecular weight excluding hydrogens is 258 g/mol. The minimum Gasteiger partial charge on any atom is -0.475 e. The molecule has 5 heteroatoms. The summed E-state index contributed by atoms with van der Waals surface area (Å²) in [6.45, 7) is 6.03. The Morgan fingerprint density at radius 3 is 2.40 bits per heavy atom. The van der Waals surface area contributed by atoms with Gasteiger partial charge in [0.15, 0.2) is 0 Å². The molecule has 0 aliphatic heterocycles. The van der Waals surface area contributed by atoms with E-state index in [1.807, 2.05) is 32.9 Å². The highest BCUT2D eigenvalue weighted by Crippen LogP contribution is 2.29. The van der Waals surface area contributed by atoms with Gasteiger partial charge in [-0.3, -0.25) is 0 Å². The second kappa shape index (κ2) is 5.46. The van der Waals surface area contributed by atoms with Crippen LogP contribution in [-0.4, -0.2) is 23.2 Å². The zero-order valence-corrected chi connectivity index (χ0v) is 12.0. The maximum absolute atomic E-state index is 11.2. The van der Waals surface area contributed by atoms with E-state index in [0.717, 1.165) is 22.3 Å². The number of hydrogen-bond acceptors (Lipinski definition) is 4. The molecule has 0 atom stereocenters. The number of nitrogens with zero attached hydrogens (tertiary/aromatic N) is 1. The second-order valence-corrected chi connectivity index (χ2v) is 4.81. The standard InChI is InChI=1S/C15H17NO4/c1-8-5-9(2)12(10(3)6-8)14-16-11(7-19-4)13(20-14)15(17)18/h5-6H,7H2,1-4H3,(H,17,18). The molecule has 1 aromatic carbocycles. The van der Waals surface area contributed by atoms with Crippen molar-refractivity contribution in [2.45, 2.75) is 27.4 Å². The van der Waals surface area contributed by atoms with E-state index >= 15 is 0 Å². The van der Waals surface area contributed by atoms with Crippen LogP contribution in [0.15, 0.2) is 16.5 Å². The molecule has 0 radical (unpaired) electrons. The fourth-order valence-corrected chi connectivity index (χ4v) is 2.38. The van der Waals surface area contributed by atoms with Gasteiger partial charge in [-0.25, -0.2) is 9.78 Å². The number of methoxy groups -OCH3 is 1. The number of rotatable bonds is 4. The molecule has 0 spiro atoms. The highest BCUT2D eigenvalue weighted by atomic mass is 16.5. The first-order chi connectivity index (χ1) is 9.43. The molecular formula is C15H17NO4. The average molecular weight is 275 g/mol. The molecule has 0 aliphatic carbocycles. The van der Waals surface area contributed by atoms with Crippen LogP contribution in [0.3, 0.4) is 0 Å². The molecule has 0 saturated heterocycles. The van der Waals surface area contributed by atoms with E-state index in [9.17, 15) is 4.79 Å². The van der Waals surface area contributed by atoms with Crippen LogP contribution < -0.4 is 0 Å². The highest BCUT2D eigenvalue weighted by molar-refractivity contribution is 5.86. The summed E-state index contributed by atoms with van der Waals surface area (Å²) in [5.41, 5.74) is 4.29. The van der Waals surface area contributed by atoms with Gasteiger partial charge in [0.2, 0.25) is 11.7 Å². The molecule has 0 amide bonds. The second-order valence-electron chi connectivity index (χ2n) is 4.81. The fraction of sp³-hybridized carbons (Fsp3) is 0.333. The van der Waals surface area contributed by atoms with Crippen molar-refractivity contribution in [3.63, 3.8) is 0 Å². The zero-order valence-electron chi connectivity index (χ0n) is 12.0. The van der Waals surface area contributed by atoms with Crippen molar-refractivity contribution in [1.29, 1.82) is 0 Å². The van der Waals surface area contributed by atoms with E-state index in [1.165, 1.54) is 7.11 Å². The van der Waals surface area contributed by atoms with Gasteiger partial charge < -0.3 is 14.3 Å². The fourth-order valence-electron chi connectivity index (χ4n) is 2.38. The van der Waals surface area contributed by atoms with Crippen LogP contribution in [0, 0.1) is 20.8 Å². The van der Waals surface area contributed by atoms with Crippen molar-refractivity contribution in [1.82, 2.24) is 4.98 Å². The predicted octanol–water partition coefficient (Wildman–Crippen LogP) is 3.11. The summed E-state index contributed by atoms with van der Waals surface area (Å²) in [6, 6.07) is 4.03. The van der Waals surface area contributed by atoms with Crippen molar-refractivity contribution in [2.75, 3.05) is 7.11 Å². The van der Waals surface area contributed by atoms with Gasteiger partial charge in [0.05, 0.1) is 6.61 Å². The molecule has 0 aliphatic rings. The number of aryl methyl sites for hydroxylation is 3. The van der Waals surface area contributed by atoms with Gasteiger partial charge in [-0.1, -0.05) is 17.7 Å². The Kier molecular flexibility index (Phi) is 3.90. The lowest BCUT2D eigenvalue weighted by Gasteiger charge is -2.07. The van der Waals surface area contributed by atoms with Gasteiger partial charge in [0, 0.05) is 12.7 Å². The Balaban J connectivity index is 2.59. The normalized spacial score (nSPS) is 10.8. The van der Waals surface area contributed by atoms with Crippen LogP contribution in [0.5, 0.6) is 0 Å². The predicted molar refractivity (Wildman–Crippen MR) is 73.8 cm³/mol. The van der Waals surface area contributed by atoms with E-state index in [0.29, 0.717) is 11.6 Å². The van der Waals surface area contributed by atoms with E-state index in [2.05, 4.69) is 4.98 Å². The minimum atomic E-state index is -1.14. The van der Waals surface area contributed by atoms with E-state index in [4.69, 9.17) is 14.3 Å². The highest BCUT2D eigenvalue weighted by Gasteiger charge is 2.22. The van der Waals surface area contributed by atoms with Crippen LogP contribution in [-0.2, 0) is 11.3 Å². The van der Waals surface area contributed by atoms with Gasteiger partial charge in [-0.15, -0.1) is 0 Å². The molecule has 20 heavy (non-hydrogen) atoms. The van der Waals surface area contributed by atoms with Gasteiger partial charge in [-0.2, -0.15) is 0 Å². The van der Waals surface area contributed by atoms with E-state index in [1.54, 1.807) is 0 Å². The Labute approximate surface area is 117 Å². The number of hydrogen-bond donors (Lipinski definition) is 1. The Morgan fingerprint density at radius 2 is 1.90 bits per heavy atom. The third-order valence-electron chi connectivity index (χ3n) is 3.06. The zero-order chi connectivity index (χ0) is 14.9. The Hall–Kier alpha value is -2.14. The molecule has 106 valence electrons. The smallest absolute Gasteiger partial charge is 0.373 e. The van der Waals surface area contributed by atoms with Crippen LogP contribution in [0.25, 0.3) is 11.5 Å². The molecule has 2 aromatic rings. The van der Waals surface area contributed by atoms with Crippen molar-refractivity contribution < 1.29 is 19.1 Å². The molecule has 0 unspecified atom stereocenters. The molecule has 5 nitrogen and oxygen atoms in total. The summed E-state index contributed by atoms with van der Waals surface area (Å²) in [6.07, 6.45) is 0. The topological polar surface area (TPSA) is 72.6 Å². The van der Waals surface area contributed by atoms with Crippen molar-refractivity contribution in [3.05, 3.63) is 40.3 Å². The third-order valence-corrected chi connectivity index (χ3v) is 3.06. The molecule has 0 bridgehead atoms. The molecule has 1 N–H and O–H groups in total. The number of aromatic nitrogens is 1. The molecule has 1 heterocycles. The first-order valence-electron chi connectivity index (χ1n) is 6.24. The molecule has 0 saturated carbocycles. The van der Waals surface area contributed by atoms with Crippen LogP contribution >= 0.6 is 0 Å². The summed E-state index contributed by atoms with van der Waals surface area (Å²) >= 11 is 0. The lowest BCUT2D eigenvalue weighted by atomic mass is 10.00. The van der Waals surface area contributed by atoms with Crippen LogP contribution in [0.1, 0.15) is 32.9 Å². The van der Waals surface area contributed by atoms with Crippen LogP contribution in [0.2, 0.25) is 0 Å². The van der Waals surface area contributed by atoms with Crippen molar-refractivity contribution in [2.24, 2.45) is 0 Å². The monoisotopic (exact) mass is 275 g/mol. The van der Waals surface area contributed by atoms with E-state index < -0.39 is 5.97 Å². The summed E-state index contributed by atoms with van der Waals surface area (Å²) in [7, 11) is 1.49. The summed E-state index contributed by atoms with van der Waals surface area (Å²) in [5, 5.41) is 9.15. The van der Waals surface area contributed by atoms with Crippen molar-refractivity contribution >= 4 is 5.97 Å². The molecule has 1 aromatic heterocycles. The average Bonchev–Trinajstić information content (AvgIpc) is 2.72. The summed E-state index contributed by atoms with van der Waals surface area (Å²) in [4.78, 5) is 15.4. The number of ether oxygens (including phenoxy) is 1. The SMILES string of the molecule is COCc1nc(-c2c(C)cc(C)cc2C)oc1C(=O)O. The van der Waals surface area contributed by atoms with Crippen LogP contribution in [0.4, 0.5) is 0 Å². The lowest BCUT2D eigenvalue weighted by Crippen LogP contribution is -2.00. The summed E-state index contributed by atoms with van der Waals surface area (Å²) in [5.74, 6) is -0.983. The quantitative estimate of drug-likeness (QED) is 0.928. The number of carbonyl (C=O) groups is 1. The van der Waals surface area contributed by atoms with Gasteiger partial charge in [-0.05, 0) is 31.9 Å². The number of aromatic carboxylic acids is 1. The number of carboxylic acids is 1. The lowest BCUT2D eigenvalue weighted by molar-refractivity contribution is 0.0656. The Morgan fingerprint density at radius 1 is 1.30 bits per heavy atom. The maximum Gasteiger partial charge on any atom is 0.373 e. The largest absolute Gasteiger partial charge is 0.475 e. The van der Waals surface area contributed by atoms with Gasteiger partial charge in [0.1, 0.15) is 5.69 Å². The van der Waals surface area contributed by atoms with Gasteiger partial charge >= 0.3 is 5.97 Å². The maximum atomic E-state index is 11.2. The first-order valence-corrected chi connectivity index (χ1v) is 6.24. The molecule has 0 fully saturated rings.